The van der Waals surface area contributed by atoms with Crippen LogP contribution in [0.15, 0.2) is 0 Å². The number of hydrogen-bond acceptors (Lipinski definition) is 6. The van der Waals surface area contributed by atoms with Crippen LogP contribution in [0.2, 0.25) is 0 Å². The minimum atomic E-state index is 0.0389. The van der Waals surface area contributed by atoms with Gasteiger partial charge in [0.05, 0.1) is 0 Å². The van der Waals surface area contributed by atoms with E-state index < -0.39 is 0 Å². The first kappa shape index (κ1) is 14.7. The minimum Gasteiger partial charge on any atom is -0.360 e. The fraction of sp³-hybridized carbons (Fsp3) is 0.846. The van der Waals surface area contributed by atoms with Gasteiger partial charge in [-0.15, -0.1) is 0 Å². The highest BCUT2D eigenvalue weighted by Gasteiger charge is 2.19. The quantitative estimate of drug-likeness (QED) is 0.803. The molecule has 1 aromatic rings. The maximum atomic E-state index is 4.54. The Morgan fingerprint density at radius 2 is 2.05 bits per heavy atom. The number of rotatable bonds is 5. The van der Waals surface area contributed by atoms with E-state index in [2.05, 4.69) is 45.7 Å². The van der Waals surface area contributed by atoms with Crippen molar-refractivity contribution >= 4 is 16.7 Å². The van der Waals surface area contributed by atoms with Crippen molar-refractivity contribution in [2.24, 2.45) is 0 Å². The molecule has 0 radical (unpaired) electrons. The molecule has 6 heteroatoms. The molecule has 1 aliphatic rings. The third-order valence-electron chi connectivity index (χ3n) is 3.23. The van der Waals surface area contributed by atoms with E-state index in [1.54, 1.807) is 0 Å². The lowest BCUT2D eigenvalue weighted by Gasteiger charge is -2.26. The molecule has 0 unspecified atom stereocenters. The number of nitrogens with zero attached hydrogens (tertiary/aromatic N) is 3. The largest absolute Gasteiger partial charge is 0.360 e. The van der Waals surface area contributed by atoms with Gasteiger partial charge in [0.15, 0.2) is 0 Å². The second-order valence-electron chi connectivity index (χ2n) is 6.05. The predicted octanol–water partition coefficient (Wildman–Crippen LogP) is 1.54. The van der Waals surface area contributed by atoms with Gasteiger partial charge < -0.3 is 15.5 Å². The molecule has 1 saturated heterocycles. The van der Waals surface area contributed by atoms with Crippen molar-refractivity contribution in [3.8, 4) is 0 Å². The average molecular weight is 283 g/mol. The summed E-state index contributed by atoms with van der Waals surface area (Å²) in [4.78, 5) is 7.05. The van der Waals surface area contributed by atoms with Gasteiger partial charge in [0.25, 0.3) is 0 Å². The van der Waals surface area contributed by atoms with Gasteiger partial charge in [0.1, 0.15) is 5.82 Å². The highest BCUT2D eigenvalue weighted by molar-refractivity contribution is 7.09. The van der Waals surface area contributed by atoms with E-state index in [0.29, 0.717) is 0 Å². The fourth-order valence-electron chi connectivity index (χ4n) is 2.03. The molecule has 2 heterocycles. The topological polar surface area (TPSA) is 53.1 Å². The Balaban J connectivity index is 1.66. The van der Waals surface area contributed by atoms with Crippen LogP contribution in [-0.2, 0) is 5.41 Å². The second-order valence-corrected chi connectivity index (χ2v) is 6.80. The molecule has 0 aliphatic carbocycles. The summed E-state index contributed by atoms with van der Waals surface area (Å²) in [5.41, 5.74) is 0.0389. The van der Waals surface area contributed by atoms with Crippen LogP contribution in [-0.4, -0.2) is 53.5 Å². The number of hydrogen-bond donors (Lipinski definition) is 2. The van der Waals surface area contributed by atoms with Crippen LogP contribution >= 0.6 is 11.5 Å². The summed E-state index contributed by atoms with van der Waals surface area (Å²) >= 11 is 1.47. The zero-order valence-electron chi connectivity index (χ0n) is 12.2. The highest BCUT2D eigenvalue weighted by atomic mass is 32.1. The molecule has 0 saturated carbocycles. The zero-order chi connectivity index (χ0) is 13.7. The number of anilines is 1. The van der Waals surface area contributed by atoms with Crippen LogP contribution in [0.25, 0.3) is 0 Å². The summed E-state index contributed by atoms with van der Waals surface area (Å²) in [7, 11) is 0. The van der Waals surface area contributed by atoms with E-state index in [1.165, 1.54) is 31.2 Å². The lowest BCUT2D eigenvalue weighted by molar-refractivity contribution is 0.240. The van der Waals surface area contributed by atoms with Crippen molar-refractivity contribution in [1.82, 2.24) is 19.6 Å². The highest BCUT2D eigenvalue weighted by Crippen LogP contribution is 2.22. The summed E-state index contributed by atoms with van der Waals surface area (Å²) in [5.74, 6) is 0.933. The Morgan fingerprint density at radius 1 is 1.32 bits per heavy atom. The number of aromatic nitrogens is 2. The minimum absolute atomic E-state index is 0.0389. The molecule has 0 aromatic carbocycles. The summed E-state index contributed by atoms with van der Waals surface area (Å²) < 4.78 is 4.41. The van der Waals surface area contributed by atoms with E-state index in [0.717, 1.165) is 37.0 Å². The summed E-state index contributed by atoms with van der Waals surface area (Å²) in [5, 5.41) is 7.70. The van der Waals surface area contributed by atoms with Gasteiger partial charge in [-0.25, -0.2) is 4.98 Å². The Hall–Kier alpha value is -0.720. The molecule has 1 fully saturated rings. The normalized spacial score (nSPS) is 17.6. The molecule has 2 rings (SSSR count). The van der Waals surface area contributed by atoms with Gasteiger partial charge in [-0.3, -0.25) is 0 Å². The summed E-state index contributed by atoms with van der Waals surface area (Å²) in [6, 6.07) is 0. The van der Waals surface area contributed by atoms with Gasteiger partial charge in [0.2, 0.25) is 5.13 Å². The Kier molecular flexibility index (Phi) is 5.13. The first-order valence-corrected chi connectivity index (χ1v) is 7.84. The van der Waals surface area contributed by atoms with Gasteiger partial charge in [-0.2, -0.15) is 4.37 Å². The number of nitrogens with one attached hydrogen (secondary N) is 2. The lowest BCUT2D eigenvalue weighted by Crippen LogP contribution is -2.44. The van der Waals surface area contributed by atoms with Crippen molar-refractivity contribution < 1.29 is 0 Å². The Bertz CT molecular complexity index is 379. The van der Waals surface area contributed by atoms with Crippen LogP contribution in [0.3, 0.4) is 0 Å². The smallest absolute Gasteiger partial charge is 0.202 e. The summed E-state index contributed by atoms with van der Waals surface area (Å²) in [6.45, 7) is 13.2. The Morgan fingerprint density at radius 3 is 2.68 bits per heavy atom. The van der Waals surface area contributed by atoms with Gasteiger partial charge >= 0.3 is 0 Å². The van der Waals surface area contributed by atoms with E-state index in [9.17, 15) is 0 Å². The molecule has 0 atom stereocenters. The third kappa shape index (κ3) is 4.71. The molecule has 1 aromatic heterocycles. The average Bonchev–Trinajstić information content (AvgIpc) is 2.85. The van der Waals surface area contributed by atoms with Crippen LogP contribution < -0.4 is 10.6 Å². The SMILES string of the molecule is CC(C)(C)c1nsc(NCCCN2CCNCC2)n1. The molecule has 1 aliphatic heterocycles. The summed E-state index contributed by atoms with van der Waals surface area (Å²) in [6.07, 6.45) is 1.16. The molecule has 0 amide bonds. The van der Waals surface area contributed by atoms with Crippen molar-refractivity contribution in [3.63, 3.8) is 0 Å². The standard InChI is InChI=1S/C13H25N5S/c1-13(2,3)11-16-12(19-17-11)15-5-4-8-18-9-6-14-7-10-18/h14H,4-10H2,1-3H3,(H,15,16,17). The second kappa shape index (κ2) is 6.63. The molecule has 108 valence electrons. The molecular formula is C13H25N5S. The van der Waals surface area contributed by atoms with Crippen LogP contribution in [0, 0.1) is 0 Å². The zero-order valence-corrected chi connectivity index (χ0v) is 13.0. The van der Waals surface area contributed by atoms with Crippen LogP contribution in [0.5, 0.6) is 0 Å². The maximum Gasteiger partial charge on any atom is 0.202 e. The molecule has 0 bridgehead atoms. The predicted molar refractivity (Wildman–Crippen MR) is 81.0 cm³/mol. The first-order valence-electron chi connectivity index (χ1n) is 7.07. The monoisotopic (exact) mass is 283 g/mol. The third-order valence-corrected chi connectivity index (χ3v) is 3.91. The molecule has 5 nitrogen and oxygen atoms in total. The van der Waals surface area contributed by atoms with Gasteiger partial charge in [-0.1, -0.05) is 20.8 Å². The van der Waals surface area contributed by atoms with Crippen LogP contribution in [0.4, 0.5) is 5.13 Å². The van der Waals surface area contributed by atoms with Gasteiger partial charge in [0, 0.05) is 49.7 Å². The molecular weight excluding hydrogens is 258 g/mol. The van der Waals surface area contributed by atoms with Crippen molar-refractivity contribution in [3.05, 3.63) is 5.82 Å². The van der Waals surface area contributed by atoms with E-state index in [-0.39, 0.29) is 5.41 Å². The fourth-order valence-corrected chi connectivity index (χ4v) is 2.81. The number of piperazine rings is 1. The van der Waals surface area contributed by atoms with Crippen molar-refractivity contribution in [1.29, 1.82) is 0 Å². The van der Waals surface area contributed by atoms with E-state index in [1.807, 2.05) is 0 Å². The lowest BCUT2D eigenvalue weighted by atomic mass is 9.96. The maximum absolute atomic E-state index is 4.54. The Labute approximate surface area is 120 Å². The van der Waals surface area contributed by atoms with Crippen molar-refractivity contribution in [2.75, 3.05) is 44.6 Å². The van der Waals surface area contributed by atoms with Gasteiger partial charge in [-0.05, 0) is 13.0 Å². The molecule has 0 spiro atoms. The first-order chi connectivity index (χ1) is 9.05. The van der Waals surface area contributed by atoms with E-state index >= 15 is 0 Å². The molecule has 2 N–H and O–H groups in total. The molecule has 19 heavy (non-hydrogen) atoms. The van der Waals surface area contributed by atoms with Crippen molar-refractivity contribution in [2.45, 2.75) is 32.6 Å². The van der Waals surface area contributed by atoms with Crippen LogP contribution in [0.1, 0.15) is 33.0 Å². The van der Waals surface area contributed by atoms with E-state index in [4.69, 9.17) is 0 Å².